The number of aryl methyl sites for hydroxylation is 1. The van der Waals surface area contributed by atoms with Gasteiger partial charge in [-0.25, -0.2) is 4.98 Å². The summed E-state index contributed by atoms with van der Waals surface area (Å²) >= 11 is 1.24. The van der Waals surface area contributed by atoms with E-state index in [1.54, 1.807) is 13.8 Å². The molecular formula is C7H11N3O2S. The Balaban J connectivity index is 2.39. The van der Waals surface area contributed by atoms with Crippen LogP contribution in [0.25, 0.3) is 0 Å². The van der Waals surface area contributed by atoms with Gasteiger partial charge in [-0.1, -0.05) is 6.92 Å². The van der Waals surface area contributed by atoms with Crippen molar-refractivity contribution in [3.63, 3.8) is 0 Å². The Labute approximate surface area is 80.0 Å². The van der Waals surface area contributed by atoms with E-state index >= 15 is 0 Å². The van der Waals surface area contributed by atoms with Gasteiger partial charge in [0.05, 0.1) is 5.92 Å². The van der Waals surface area contributed by atoms with Gasteiger partial charge in [-0.3, -0.25) is 4.79 Å². The molecule has 0 aliphatic heterocycles. The lowest BCUT2D eigenvalue weighted by Crippen LogP contribution is -2.19. The Morgan fingerprint density at radius 2 is 2.46 bits per heavy atom. The number of aliphatic carboxylic acids is 1. The van der Waals surface area contributed by atoms with Crippen LogP contribution in [-0.2, 0) is 4.79 Å². The zero-order chi connectivity index (χ0) is 9.84. The van der Waals surface area contributed by atoms with Gasteiger partial charge in [-0.15, -0.1) is 0 Å². The van der Waals surface area contributed by atoms with Crippen molar-refractivity contribution >= 4 is 22.6 Å². The molecule has 0 radical (unpaired) electrons. The van der Waals surface area contributed by atoms with Gasteiger partial charge in [0.25, 0.3) is 0 Å². The topological polar surface area (TPSA) is 75.1 Å². The van der Waals surface area contributed by atoms with Crippen molar-refractivity contribution in [3.8, 4) is 0 Å². The molecule has 0 amide bonds. The summed E-state index contributed by atoms with van der Waals surface area (Å²) in [6, 6.07) is 0. The third kappa shape index (κ3) is 2.98. The Kier molecular flexibility index (Phi) is 3.18. The second kappa shape index (κ2) is 4.18. The normalized spacial score (nSPS) is 12.5. The lowest BCUT2D eigenvalue weighted by atomic mass is 10.2. The number of carbonyl (C=O) groups is 1. The third-order valence-electron chi connectivity index (χ3n) is 1.51. The number of hydrogen-bond acceptors (Lipinski definition) is 5. The number of anilines is 1. The fourth-order valence-electron chi connectivity index (χ4n) is 0.697. The minimum Gasteiger partial charge on any atom is -0.481 e. The molecule has 72 valence electrons. The van der Waals surface area contributed by atoms with Gasteiger partial charge in [0.15, 0.2) is 0 Å². The molecule has 1 aromatic rings. The summed E-state index contributed by atoms with van der Waals surface area (Å²) < 4.78 is 3.96. The van der Waals surface area contributed by atoms with Crippen LogP contribution in [0.3, 0.4) is 0 Å². The van der Waals surface area contributed by atoms with E-state index in [4.69, 9.17) is 5.11 Å². The quantitative estimate of drug-likeness (QED) is 0.759. The molecule has 0 saturated heterocycles. The maximum atomic E-state index is 10.5. The van der Waals surface area contributed by atoms with E-state index in [-0.39, 0.29) is 0 Å². The molecule has 5 nitrogen and oxygen atoms in total. The van der Waals surface area contributed by atoms with Crippen LogP contribution in [0.4, 0.5) is 5.13 Å². The molecule has 0 aliphatic rings. The van der Waals surface area contributed by atoms with Crippen LogP contribution in [0.5, 0.6) is 0 Å². The molecule has 0 fully saturated rings. The average Bonchev–Trinajstić information content (AvgIpc) is 2.47. The molecular weight excluding hydrogens is 190 g/mol. The first-order chi connectivity index (χ1) is 6.09. The Morgan fingerprint density at radius 1 is 1.77 bits per heavy atom. The molecule has 13 heavy (non-hydrogen) atoms. The molecule has 1 aromatic heterocycles. The molecule has 1 heterocycles. The lowest BCUT2D eigenvalue weighted by molar-refractivity contribution is -0.140. The molecule has 0 spiro atoms. The van der Waals surface area contributed by atoms with E-state index in [9.17, 15) is 4.79 Å². The van der Waals surface area contributed by atoms with Gasteiger partial charge in [-0.05, 0) is 6.92 Å². The Bertz CT molecular complexity index is 300. The lowest BCUT2D eigenvalue weighted by Gasteiger charge is -2.05. The van der Waals surface area contributed by atoms with Crippen LogP contribution in [0.1, 0.15) is 12.7 Å². The number of nitrogens with one attached hydrogen (secondary N) is 1. The van der Waals surface area contributed by atoms with Gasteiger partial charge in [-0.2, -0.15) is 4.37 Å². The maximum absolute atomic E-state index is 10.5. The minimum atomic E-state index is -0.811. The second-order valence-corrected chi connectivity index (χ2v) is 3.52. The molecule has 0 saturated carbocycles. The third-order valence-corrected chi connectivity index (χ3v) is 2.27. The van der Waals surface area contributed by atoms with Gasteiger partial charge >= 0.3 is 5.97 Å². The molecule has 1 atom stereocenters. The highest BCUT2D eigenvalue weighted by Gasteiger charge is 2.10. The van der Waals surface area contributed by atoms with E-state index in [2.05, 4.69) is 14.7 Å². The van der Waals surface area contributed by atoms with E-state index in [1.807, 2.05) is 0 Å². The first-order valence-corrected chi connectivity index (χ1v) is 4.64. The molecule has 1 rings (SSSR count). The van der Waals surface area contributed by atoms with Crippen molar-refractivity contribution in [2.75, 3.05) is 11.9 Å². The molecule has 0 aromatic carbocycles. The number of carboxylic acids is 1. The summed E-state index contributed by atoms with van der Waals surface area (Å²) in [6.45, 7) is 3.81. The summed E-state index contributed by atoms with van der Waals surface area (Å²) in [5.41, 5.74) is 0. The van der Waals surface area contributed by atoms with Gasteiger partial charge in [0.1, 0.15) is 5.82 Å². The smallest absolute Gasteiger partial charge is 0.308 e. The predicted molar refractivity (Wildman–Crippen MR) is 49.9 cm³/mol. The van der Waals surface area contributed by atoms with E-state index < -0.39 is 11.9 Å². The summed E-state index contributed by atoms with van der Waals surface area (Å²) in [4.78, 5) is 14.5. The first-order valence-electron chi connectivity index (χ1n) is 3.86. The summed E-state index contributed by atoms with van der Waals surface area (Å²) in [5, 5.41) is 12.2. The van der Waals surface area contributed by atoms with Crippen LogP contribution < -0.4 is 5.32 Å². The van der Waals surface area contributed by atoms with Crippen LogP contribution in [0.15, 0.2) is 0 Å². The number of carboxylic acid groups (broad SMARTS) is 1. The van der Waals surface area contributed by atoms with Crippen molar-refractivity contribution in [2.45, 2.75) is 13.8 Å². The first kappa shape index (κ1) is 9.91. The van der Waals surface area contributed by atoms with E-state index in [0.29, 0.717) is 17.5 Å². The maximum Gasteiger partial charge on any atom is 0.308 e. The average molecular weight is 201 g/mol. The van der Waals surface area contributed by atoms with Crippen molar-refractivity contribution in [1.29, 1.82) is 0 Å². The van der Waals surface area contributed by atoms with Gasteiger partial charge in [0, 0.05) is 18.1 Å². The summed E-state index contributed by atoms with van der Waals surface area (Å²) in [5.74, 6) is -0.520. The molecule has 6 heteroatoms. The van der Waals surface area contributed by atoms with Crippen LogP contribution in [0.2, 0.25) is 0 Å². The minimum absolute atomic E-state index is 0.379. The summed E-state index contributed by atoms with van der Waals surface area (Å²) in [7, 11) is 0. The van der Waals surface area contributed by atoms with Crippen molar-refractivity contribution in [3.05, 3.63) is 5.82 Å². The fraction of sp³-hybridized carbons (Fsp3) is 0.571. The Hall–Kier alpha value is -1.17. The zero-order valence-corrected chi connectivity index (χ0v) is 8.26. The number of aromatic nitrogens is 2. The number of nitrogens with zero attached hydrogens (tertiary/aromatic N) is 2. The Morgan fingerprint density at radius 3 is 2.92 bits per heavy atom. The second-order valence-electron chi connectivity index (χ2n) is 2.77. The highest BCUT2D eigenvalue weighted by Crippen LogP contribution is 2.10. The van der Waals surface area contributed by atoms with Crippen LogP contribution in [0, 0.1) is 12.8 Å². The van der Waals surface area contributed by atoms with Crippen molar-refractivity contribution in [1.82, 2.24) is 9.36 Å². The molecule has 0 aliphatic carbocycles. The number of hydrogen-bond donors (Lipinski definition) is 2. The fourth-order valence-corrected chi connectivity index (χ4v) is 1.28. The van der Waals surface area contributed by atoms with Crippen LogP contribution >= 0.6 is 11.5 Å². The monoisotopic (exact) mass is 201 g/mol. The van der Waals surface area contributed by atoms with Crippen LogP contribution in [-0.4, -0.2) is 27.0 Å². The van der Waals surface area contributed by atoms with Gasteiger partial charge < -0.3 is 10.4 Å². The predicted octanol–water partition coefficient (Wildman–Crippen LogP) is 0.979. The highest BCUT2D eigenvalue weighted by atomic mass is 32.1. The number of rotatable bonds is 4. The van der Waals surface area contributed by atoms with E-state index in [1.165, 1.54) is 11.5 Å². The molecule has 1 unspecified atom stereocenters. The largest absolute Gasteiger partial charge is 0.481 e. The van der Waals surface area contributed by atoms with Crippen molar-refractivity contribution in [2.24, 2.45) is 5.92 Å². The van der Waals surface area contributed by atoms with E-state index in [0.717, 1.165) is 0 Å². The highest BCUT2D eigenvalue weighted by molar-refractivity contribution is 7.09. The van der Waals surface area contributed by atoms with Gasteiger partial charge in [0.2, 0.25) is 5.13 Å². The standard InChI is InChI=1S/C7H11N3O2S/c1-4(6(11)12)3-8-7-9-5(2)10-13-7/h4H,3H2,1-2H3,(H,11,12)(H,8,9,10). The van der Waals surface area contributed by atoms with Crippen molar-refractivity contribution < 1.29 is 9.90 Å². The molecule has 0 bridgehead atoms. The zero-order valence-electron chi connectivity index (χ0n) is 7.44. The summed E-state index contributed by atoms with van der Waals surface area (Å²) in [6.07, 6.45) is 0. The SMILES string of the molecule is Cc1nsc(NCC(C)C(=O)O)n1. The molecule has 2 N–H and O–H groups in total.